The van der Waals surface area contributed by atoms with Gasteiger partial charge in [0.05, 0.1) is 10.9 Å². The highest BCUT2D eigenvalue weighted by molar-refractivity contribution is 7.90. The van der Waals surface area contributed by atoms with Crippen LogP contribution in [0.4, 0.5) is 17.6 Å². The maximum Gasteiger partial charge on any atom is 0.490 e. The van der Waals surface area contributed by atoms with Crippen LogP contribution < -0.4 is 20.9 Å². The highest BCUT2D eigenvalue weighted by Gasteiger charge is 2.38. The van der Waals surface area contributed by atoms with Gasteiger partial charge in [0.15, 0.2) is 5.78 Å². The molecule has 0 saturated heterocycles. The number of benzene rings is 1. The van der Waals surface area contributed by atoms with Crippen molar-refractivity contribution in [1.29, 1.82) is 0 Å². The maximum absolute atomic E-state index is 13.1. The minimum atomic E-state index is -5.08. The molecule has 0 bridgehead atoms. The molecule has 0 fully saturated rings. The number of carbonyl (C=O) groups excluding carboxylic acids is 1. The molecule has 6 N–H and O–H groups in total. The number of nitrogens with two attached hydrogens (primary N) is 2. The summed E-state index contributed by atoms with van der Waals surface area (Å²) in [6, 6.07) is -0.894. The van der Waals surface area contributed by atoms with Crippen LogP contribution in [0.15, 0.2) is 9.89 Å². The molecule has 1 heterocycles. The lowest BCUT2D eigenvalue weighted by Crippen LogP contribution is -2.38. The smallest absolute Gasteiger partial charge is 0.487 e. The number of sulfonamides is 1. The third-order valence-corrected chi connectivity index (χ3v) is 7.54. The highest BCUT2D eigenvalue weighted by Crippen LogP contribution is 2.42. The van der Waals surface area contributed by atoms with E-state index in [1.165, 1.54) is 0 Å². The van der Waals surface area contributed by atoms with Gasteiger partial charge < -0.3 is 21.3 Å². The molecular formula is C23H34F4N4O6S. The van der Waals surface area contributed by atoms with Crippen molar-refractivity contribution in [3.05, 3.63) is 22.3 Å². The van der Waals surface area contributed by atoms with Crippen molar-refractivity contribution in [3.63, 3.8) is 0 Å². The number of aliphatic carboxylic acids is 1. The summed E-state index contributed by atoms with van der Waals surface area (Å²) in [7, 11) is -3.97. The van der Waals surface area contributed by atoms with Gasteiger partial charge >= 0.3 is 12.1 Å². The Morgan fingerprint density at radius 2 is 1.74 bits per heavy atom. The molecule has 2 rings (SSSR count). The zero-order chi connectivity index (χ0) is 29.6. The quantitative estimate of drug-likeness (QED) is 0.160. The molecule has 38 heavy (non-hydrogen) atoms. The fraction of sp³-hybridized carbons (Fsp3) is 0.609. The molecule has 216 valence electrons. The van der Waals surface area contributed by atoms with Gasteiger partial charge in [0.1, 0.15) is 18.0 Å². The maximum atomic E-state index is 13.1. The fourth-order valence-corrected chi connectivity index (χ4v) is 5.27. The monoisotopic (exact) mass is 570 g/mol. The van der Waals surface area contributed by atoms with Crippen molar-refractivity contribution in [1.82, 2.24) is 4.72 Å². The summed E-state index contributed by atoms with van der Waals surface area (Å²) in [5.41, 5.74) is 14.0. The molecule has 0 aromatic heterocycles. The lowest BCUT2D eigenvalue weighted by molar-refractivity contribution is -0.192. The van der Waals surface area contributed by atoms with Crippen molar-refractivity contribution >= 4 is 27.7 Å². The van der Waals surface area contributed by atoms with Gasteiger partial charge in [-0.3, -0.25) is 9.79 Å². The van der Waals surface area contributed by atoms with E-state index in [1.807, 2.05) is 20.8 Å². The van der Waals surface area contributed by atoms with Crippen LogP contribution in [0.3, 0.4) is 0 Å². The summed E-state index contributed by atoms with van der Waals surface area (Å²) in [5, 5.41) is 7.12. The Labute approximate surface area is 218 Å². The zero-order valence-corrected chi connectivity index (χ0v) is 22.6. The normalized spacial score (nSPS) is 15.9. The second-order valence-electron chi connectivity index (χ2n) is 9.40. The lowest BCUT2D eigenvalue weighted by Gasteiger charge is -2.35. The molecule has 1 aliphatic heterocycles. The summed E-state index contributed by atoms with van der Waals surface area (Å²) in [6.07, 6.45) is -2.96. The van der Waals surface area contributed by atoms with E-state index < -0.39 is 40.7 Å². The topological polar surface area (TPSA) is 174 Å². The molecule has 10 nitrogen and oxygen atoms in total. The van der Waals surface area contributed by atoms with Gasteiger partial charge in [0.2, 0.25) is 5.96 Å². The fourth-order valence-electron chi connectivity index (χ4n) is 3.74. The number of Topliss-reactive ketones (excluding diaryl/α,β-unsaturated/α-hetero) is 1. The molecule has 1 aliphatic rings. The number of aliphatic imine (C=N–C) groups is 1. The van der Waals surface area contributed by atoms with Crippen LogP contribution in [-0.2, 0) is 26.0 Å². The summed E-state index contributed by atoms with van der Waals surface area (Å²) < 4.78 is 78.7. The number of hydrogen-bond acceptors (Lipinski definition) is 7. The molecule has 1 atom stereocenters. The second kappa shape index (κ2) is 12.7. The number of ether oxygens (including phenoxy) is 1. The average molecular weight is 571 g/mol. The van der Waals surface area contributed by atoms with Gasteiger partial charge in [-0.25, -0.2) is 22.3 Å². The number of hydrogen-bond donors (Lipinski definition) is 4. The number of fused-ring (bicyclic) bond motifs is 1. The summed E-state index contributed by atoms with van der Waals surface area (Å²) in [4.78, 5) is 24.2. The number of nitrogens with zero attached hydrogens (tertiary/aromatic N) is 1. The van der Waals surface area contributed by atoms with E-state index in [4.69, 9.17) is 26.1 Å². The highest BCUT2D eigenvalue weighted by atomic mass is 32.2. The number of carboxylic acid groups (broad SMARTS) is 1. The van der Waals surface area contributed by atoms with Gasteiger partial charge in [-0.15, -0.1) is 0 Å². The molecule has 1 aromatic carbocycles. The minimum Gasteiger partial charge on any atom is -0.487 e. The van der Waals surface area contributed by atoms with Gasteiger partial charge in [-0.05, 0) is 82.6 Å². The van der Waals surface area contributed by atoms with Gasteiger partial charge in [-0.1, -0.05) is 0 Å². The van der Waals surface area contributed by atoms with Gasteiger partial charge in [0, 0.05) is 6.54 Å². The number of rotatable bonds is 8. The SMILES string of the molecule is Cc1c(C)c(S(=O)(=O)NC(N)=NCCCC(N)C(=O)CF)c(C)c2c1OC(C)(C)CC2.O=C(O)C(F)(F)F. The number of carboxylic acids is 1. The van der Waals surface area contributed by atoms with Crippen molar-refractivity contribution in [2.75, 3.05) is 13.2 Å². The van der Waals surface area contributed by atoms with E-state index in [1.54, 1.807) is 13.8 Å². The van der Waals surface area contributed by atoms with Crippen molar-refractivity contribution < 1.29 is 45.4 Å². The first-order chi connectivity index (χ1) is 17.2. The molecule has 15 heteroatoms. The first-order valence-electron chi connectivity index (χ1n) is 11.5. The van der Waals surface area contributed by atoms with Crippen LogP contribution in [0, 0.1) is 20.8 Å². The van der Waals surface area contributed by atoms with Gasteiger partial charge in [-0.2, -0.15) is 13.2 Å². The molecule has 0 spiro atoms. The predicted octanol–water partition coefficient (Wildman–Crippen LogP) is 2.59. The number of nitrogens with one attached hydrogen (secondary N) is 1. The average Bonchev–Trinajstić information content (AvgIpc) is 2.78. The summed E-state index contributed by atoms with van der Waals surface area (Å²) in [6.45, 7) is 8.47. The standard InChI is InChI=1S/C21H33FN4O4S.C2HF3O2/c1-12-13(2)19(14(3)15-8-9-21(4,5)30-18(12)15)31(28,29)26-20(24)25-10-6-7-16(23)17(27)11-22;3-2(4,5)1(6)7/h16H,6-11,23H2,1-5H3,(H3,24,25,26);(H,6,7). The van der Waals surface area contributed by atoms with Crippen LogP contribution in [-0.4, -0.2) is 62.3 Å². The van der Waals surface area contributed by atoms with Crippen molar-refractivity contribution in [2.45, 2.75) is 83.0 Å². The number of guanidine groups is 1. The molecule has 0 aliphatic carbocycles. The molecule has 1 aromatic rings. The summed E-state index contributed by atoms with van der Waals surface area (Å²) >= 11 is 0. The first-order valence-corrected chi connectivity index (χ1v) is 13.0. The van der Waals surface area contributed by atoms with E-state index in [0.29, 0.717) is 17.5 Å². The minimum absolute atomic E-state index is 0.158. The van der Waals surface area contributed by atoms with Crippen LogP contribution >= 0.6 is 0 Å². The Balaban J connectivity index is 0.000000905. The third-order valence-electron chi connectivity index (χ3n) is 5.92. The molecular weight excluding hydrogens is 536 g/mol. The van der Waals surface area contributed by atoms with Gasteiger partial charge in [0.25, 0.3) is 10.0 Å². The van der Waals surface area contributed by atoms with E-state index in [2.05, 4.69) is 9.71 Å². The molecule has 0 saturated carbocycles. The van der Waals surface area contributed by atoms with E-state index in [-0.39, 0.29) is 29.4 Å². The zero-order valence-electron chi connectivity index (χ0n) is 21.8. The molecule has 1 unspecified atom stereocenters. The van der Waals surface area contributed by atoms with E-state index in [9.17, 15) is 30.8 Å². The van der Waals surface area contributed by atoms with E-state index in [0.717, 1.165) is 29.7 Å². The number of halogens is 4. The predicted molar refractivity (Wildman–Crippen MR) is 132 cm³/mol. The summed E-state index contributed by atoms with van der Waals surface area (Å²) in [5.74, 6) is -2.92. The Morgan fingerprint density at radius 1 is 1.18 bits per heavy atom. The van der Waals surface area contributed by atoms with Crippen LogP contribution in [0.5, 0.6) is 5.75 Å². The second-order valence-corrected chi connectivity index (χ2v) is 11.0. The number of alkyl halides is 4. The molecule has 0 radical (unpaired) electrons. The van der Waals surface area contributed by atoms with Crippen LogP contribution in [0.1, 0.15) is 55.4 Å². The number of ketones is 1. The number of carbonyl (C=O) groups is 2. The lowest BCUT2D eigenvalue weighted by atomic mass is 9.88. The van der Waals surface area contributed by atoms with Crippen LogP contribution in [0.2, 0.25) is 0 Å². The Hall–Kier alpha value is -2.94. The first kappa shape index (κ1) is 33.1. The van der Waals surface area contributed by atoms with Crippen molar-refractivity contribution in [3.8, 4) is 5.75 Å². The third kappa shape index (κ3) is 8.82. The largest absolute Gasteiger partial charge is 0.490 e. The van der Waals surface area contributed by atoms with E-state index >= 15 is 0 Å². The van der Waals surface area contributed by atoms with Crippen LogP contribution in [0.25, 0.3) is 0 Å². The Bertz CT molecular complexity index is 1180. The molecule has 0 amide bonds. The Kier molecular flexibility index (Phi) is 11.1. The Morgan fingerprint density at radius 3 is 2.24 bits per heavy atom. The van der Waals surface area contributed by atoms with Crippen molar-refractivity contribution in [2.24, 2.45) is 16.5 Å².